The zero-order valence-electron chi connectivity index (χ0n) is 37.2. The Balaban J connectivity index is 1.01. The Labute approximate surface area is 364 Å². The monoisotopic (exact) mass is 872 g/mol. The second-order valence-corrected chi connectivity index (χ2v) is 21.0. The van der Waals surface area contributed by atoms with Gasteiger partial charge in [-0.15, -0.1) is 0 Å². The number of carbonyl (C=O) groups excluding carboxylic acids is 3. The summed E-state index contributed by atoms with van der Waals surface area (Å²) in [6.45, 7) is 11.8. The van der Waals surface area contributed by atoms with Gasteiger partial charge in [0.2, 0.25) is 5.79 Å². The average Bonchev–Trinajstić information content (AvgIpc) is 4.06. The van der Waals surface area contributed by atoms with Gasteiger partial charge in [0.15, 0.2) is 23.6 Å². The normalized spacial score (nSPS) is 54.9. The van der Waals surface area contributed by atoms with Gasteiger partial charge in [-0.1, -0.05) is 37.6 Å². The minimum absolute atomic E-state index is 0.0637. The summed E-state index contributed by atoms with van der Waals surface area (Å²) in [7, 11) is 0. The van der Waals surface area contributed by atoms with Crippen molar-refractivity contribution in [3.8, 4) is 0 Å². The van der Waals surface area contributed by atoms with Crippen LogP contribution in [-0.2, 0) is 57.0 Å². The molecule has 62 heavy (non-hydrogen) atoms. The lowest BCUT2D eigenvalue weighted by molar-refractivity contribution is -0.354. The number of carbonyl (C=O) groups is 3. The number of aldehydes is 1. The highest BCUT2D eigenvalue weighted by Gasteiger charge is 2.66. The molecule has 0 amide bonds. The van der Waals surface area contributed by atoms with E-state index in [1.54, 1.807) is 13.8 Å². The molecular weight excluding hydrogens is 805 g/mol. The van der Waals surface area contributed by atoms with Crippen molar-refractivity contribution in [2.75, 3.05) is 6.61 Å². The SMILES string of the molecule is CC1=C\[C@@H](C)C[C@]2(C)CC[C@H](O2)C23CCC(C=O)(C[C@H](O2)[C@@H]2O[C@@](C)(CC2=O)[C@H](O)[C@H]2CC[C@@]4(CCC[C@@H](O4)[C@H](C)C(=O)O[C@H]4CC([C@]5(O)OCC[C@H](C)[C@@H]5O)O[C@H]4\C=C\1)O2)O3. The molecule has 9 aliphatic rings. The van der Waals surface area contributed by atoms with Gasteiger partial charge >= 0.3 is 5.97 Å². The third kappa shape index (κ3) is 8.00. The van der Waals surface area contributed by atoms with Crippen LogP contribution in [0.4, 0.5) is 0 Å². The first-order chi connectivity index (χ1) is 29.3. The summed E-state index contributed by atoms with van der Waals surface area (Å²) >= 11 is 0. The number of aliphatic hydroxyl groups excluding tert-OH is 2. The molecule has 15 heteroatoms. The third-order valence-corrected chi connectivity index (χ3v) is 15.9. The Bertz CT molecular complexity index is 1800. The van der Waals surface area contributed by atoms with Crippen molar-refractivity contribution in [2.45, 2.75) is 227 Å². The maximum absolute atomic E-state index is 14.1. The number of hydrogen-bond donors (Lipinski definition) is 3. The van der Waals surface area contributed by atoms with Crippen LogP contribution in [0.15, 0.2) is 23.8 Å². The van der Waals surface area contributed by atoms with E-state index in [9.17, 15) is 29.7 Å². The summed E-state index contributed by atoms with van der Waals surface area (Å²) in [6, 6.07) is 0. The minimum Gasteiger partial charge on any atom is -0.459 e. The molecule has 8 fully saturated rings. The van der Waals surface area contributed by atoms with Gasteiger partial charge in [0, 0.05) is 38.5 Å². The molecule has 0 saturated carbocycles. The van der Waals surface area contributed by atoms with Crippen LogP contribution in [0, 0.1) is 17.8 Å². The number of Topliss-reactive ketones (excluding diaryl/α,β-unsaturated/α-hetero) is 1. The van der Waals surface area contributed by atoms with Gasteiger partial charge < -0.3 is 62.7 Å². The predicted molar refractivity (Wildman–Crippen MR) is 218 cm³/mol. The maximum Gasteiger partial charge on any atom is 0.311 e. The highest BCUT2D eigenvalue weighted by Crippen LogP contribution is 2.55. The molecule has 0 aromatic carbocycles. The third-order valence-electron chi connectivity index (χ3n) is 15.9. The summed E-state index contributed by atoms with van der Waals surface area (Å²) in [6.07, 6.45) is 4.86. The van der Waals surface area contributed by atoms with Crippen LogP contribution in [0.5, 0.6) is 0 Å². The van der Waals surface area contributed by atoms with Gasteiger partial charge in [-0.05, 0) is 90.9 Å². The maximum atomic E-state index is 14.1. The van der Waals surface area contributed by atoms with E-state index in [2.05, 4.69) is 19.9 Å². The molecule has 3 N–H and O–H groups in total. The highest BCUT2D eigenvalue weighted by atomic mass is 16.8. The molecule has 9 heterocycles. The van der Waals surface area contributed by atoms with Crippen LogP contribution in [0.1, 0.15) is 131 Å². The number of ether oxygens (including phenoxy) is 9. The molecule has 0 aromatic heterocycles. The topological polar surface area (TPSA) is 195 Å². The molecule has 15 nitrogen and oxygen atoms in total. The number of allylic oxidation sites excluding steroid dienone is 3. The fourth-order valence-electron chi connectivity index (χ4n) is 12.4. The molecule has 0 aliphatic carbocycles. The standard InChI is InChI=1S/C47H68O15/c1-26-9-10-32-34(21-37(55-32)47(53)39(50)28(3)13-19-54-47)56-41(52)29(4)31-8-7-14-45(57-31)16-11-33(58-45)40(51)43(6)23-30(49)38(61-43)35-24-44(25-48)17-18-46(59-35,62-44)36-12-15-42(5,60-36)22-27(2)20-26/h9-10,20,25,27-29,31-40,50-51,53H,7-8,11-19,21-24H2,1-6H3/b10-9+,26-20+/t27-,28+,29+,31-,32+,33-,34+,35+,36+,37?,38-,39+,40-,42+,43+,44?,45-,46?,47+/m1/s1. The van der Waals surface area contributed by atoms with Crippen molar-refractivity contribution >= 4 is 18.0 Å². The number of ketones is 1. The molecule has 8 saturated heterocycles. The van der Waals surface area contributed by atoms with Crippen LogP contribution in [-0.4, -0.2) is 135 Å². The second kappa shape index (κ2) is 16.3. The Kier molecular flexibility index (Phi) is 11.9. The van der Waals surface area contributed by atoms with Crippen molar-refractivity contribution in [3.05, 3.63) is 23.8 Å². The number of esters is 1. The summed E-state index contributed by atoms with van der Waals surface area (Å²) < 4.78 is 58.5. The number of fused-ring (bicyclic) bond motifs is 10. The average molecular weight is 873 g/mol. The van der Waals surface area contributed by atoms with E-state index in [-0.39, 0.29) is 43.5 Å². The first-order valence-corrected chi connectivity index (χ1v) is 23.3. The van der Waals surface area contributed by atoms with Gasteiger partial charge in [-0.2, -0.15) is 0 Å². The van der Waals surface area contributed by atoms with E-state index in [1.807, 2.05) is 26.0 Å². The first-order valence-electron chi connectivity index (χ1n) is 23.3. The summed E-state index contributed by atoms with van der Waals surface area (Å²) in [5.41, 5.74) is -2.03. The minimum atomic E-state index is -1.97. The van der Waals surface area contributed by atoms with Crippen molar-refractivity contribution in [3.63, 3.8) is 0 Å². The first kappa shape index (κ1) is 45.0. The summed E-state index contributed by atoms with van der Waals surface area (Å²) in [5.74, 6) is -5.79. The van der Waals surface area contributed by atoms with Crippen LogP contribution in [0.2, 0.25) is 0 Å². The van der Waals surface area contributed by atoms with Crippen LogP contribution in [0.3, 0.4) is 0 Å². The lowest BCUT2D eigenvalue weighted by Gasteiger charge is -2.46. The molecule has 0 radical (unpaired) electrons. The number of rotatable bonds is 2. The van der Waals surface area contributed by atoms with E-state index in [0.29, 0.717) is 57.8 Å². The van der Waals surface area contributed by atoms with Crippen LogP contribution in [0.25, 0.3) is 0 Å². The largest absolute Gasteiger partial charge is 0.459 e. The molecule has 9 rings (SSSR count). The molecule has 3 unspecified atom stereocenters. The summed E-state index contributed by atoms with van der Waals surface area (Å²) in [4.78, 5) is 40.7. The van der Waals surface area contributed by atoms with Crippen LogP contribution < -0.4 is 0 Å². The molecule has 346 valence electrons. The molecule has 10 bridgehead atoms. The lowest BCUT2D eigenvalue weighted by Crippen LogP contribution is -2.59. The smallest absolute Gasteiger partial charge is 0.311 e. The quantitative estimate of drug-likeness (QED) is 0.260. The van der Waals surface area contributed by atoms with E-state index in [4.69, 9.17) is 42.6 Å². The molecule has 0 aromatic rings. The van der Waals surface area contributed by atoms with Crippen molar-refractivity contribution in [1.29, 1.82) is 0 Å². The van der Waals surface area contributed by atoms with E-state index in [1.165, 1.54) is 0 Å². The fraction of sp³-hybridized carbons (Fsp3) is 0.851. The predicted octanol–water partition coefficient (Wildman–Crippen LogP) is 4.43. The van der Waals surface area contributed by atoms with Gasteiger partial charge in [-0.25, -0.2) is 0 Å². The van der Waals surface area contributed by atoms with Crippen molar-refractivity contribution in [1.82, 2.24) is 0 Å². The lowest BCUT2D eigenvalue weighted by atomic mass is 9.87. The van der Waals surface area contributed by atoms with E-state index >= 15 is 0 Å². The van der Waals surface area contributed by atoms with Crippen molar-refractivity contribution in [2.24, 2.45) is 17.8 Å². The summed E-state index contributed by atoms with van der Waals surface area (Å²) in [5, 5.41) is 34.8. The number of hydrogen-bond acceptors (Lipinski definition) is 15. The second-order valence-electron chi connectivity index (χ2n) is 21.0. The van der Waals surface area contributed by atoms with Gasteiger partial charge in [0.1, 0.15) is 53.9 Å². The Morgan fingerprint density at radius 3 is 2.39 bits per heavy atom. The van der Waals surface area contributed by atoms with E-state index < -0.39 is 107 Å². The fourth-order valence-corrected chi connectivity index (χ4v) is 12.4. The Morgan fingerprint density at radius 1 is 0.806 bits per heavy atom. The molecular formula is C47H68O15. The van der Waals surface area contributed by atoms with E-state index in [0.717, 1.165) is 24.7 Å². The van der Waals surface area contributed by atoms with Crippen LogP contribution >= 0.6 is 0 Å². The Morgan fingerprint density at radius 2 is 1.60 bits per heavy atom. The Hall–Kier alpha value is -2.15. The van der Waals surface area contributed by atoms with Crippen molar-refractivity contribution < 1.29 is 72.3 Å². The zero-order valence-corrected chi connectivity index (χ0v) is 37.2. The zero-order chi connectivity index (χ0) is 44.0. The molecule has 19 atom stereocenters. The van der Waals surface area contributed by atoms with Gasteiger partial charge in [-0.3, -0.25) is 9.59 Å². The highest BCUT2D eigenvalue weighted by molar-refractivity contribution is 5.87. The molecule has 9 aliphatic heterocycles. The van der Waals surface area contributed by atoms with Gasteiger partial charge in [0.25, 0.3) is 0 Å². The molecule has 2 spiro atoms. The number of aliphatic hydroxyl groups is 3. The van der Waals surface area contributed by atoms with Gasteiger partial charge in [0.05, 0.1) is 36.4 Å².